The molecule has 2 atom stereocenters. The van der Waals surface area contributed by atoms with Crippen LogP contribution in [0, 0.1) is 0 Å². The Morgan fingerprint density at radius 3 is 1.86 bits per heavy atom. The fourth-order valence-corrected chi connectivity index (χ4v) is 3.27. The lowest BCUT2D eigenvalue weighted by Gasteiger charge is -2.21. The minimum Gasteiger partial charge on any atom is -0.489 e. The first-order valence-electron chi connectivity index (χ1n) is 11.3. The lowest BCUT2D eigenvalue weighted by molar-refractivity contribution is -0.143. The highest BCUT2D eigenvalue weighted by molar-refractivity contribution is 5.89. The van der Waals surface area contributed by atoms with E-state index >= 15 is 0 Å². The van der Waals surface area contributed by atoms with E-state index in [0.29, 0.717) is 17.9 Å². The Balaban J connectivity index is 1.63. The molecule has 0 heterocycles. The second kappa shape index (κ2) is 13.5. The van der Waals surface area contributed by atoms with Crippen LogP contribution < -0.4 is 15.4 Å². The summed E-state index contributed by atoms with van der Waals surface area (Å²) in [6, 6.07) is 23.1. The van der Waals surface area contributed by atoms with Crippen LogP contribution in [0.4, 0.5) is 4.79 Å². The Labute approximate surface area is 208 Å². The number of alkyl carbamates (subject to hydrolysis) is 1. The number of hydrogen-bond acceptors (Lipinski definition) is 6. The molecule has 0 radical (unpaired) electrons. The van der Waals surface area contributed by atoms with E-state index in [0.717, 1.165) is 11.1 Å². The van der Waals surface area contributed by atoms with Gasteiger partial charge in [-0.05, 0) is 28.8 Å². The van der Waals surface area contributed by atoms with Gasteiger partial charge in [0.15, 0.2) is 0 Å². The van der Waals surface area contributed by atoms with Gasteiger partial charge in [0.1, 0.15) is 31.0 Å². The van der Waals surface area contributed by atoms with Crippen LogP contribution in [0.3, 0.4) is 0 Å². The van der Waals surface area contributed by atoms with Crippen LogP contribution >= 0.6 is 0 Å². The number of nitrogens with one attached hydrogen (secondary N) is 2. The van der Waals surface area contributed by atoms with E-state index in [1.165, 1.54) is 0 Å². The normalized spacial score (nSPS) is 12.1. The fraction of sp³-hybridized carbons (Fsp3) is 0.222. The number of carbonyl (C=O) groups is 3. The molecule has 0 aliphatic carbocycles. The molecular weight excluding hydrogens is 464 g/mol. The number of amides is 2. The van der Waals surface area contributed by atoms with Gasteiger partial charge in [-0.15, -0.1) is 0 Å². The average molecular weight is 493 g/mol. The van der Waals surface area contributed by atoms with Gasteiger partial charge < -0.3 is 30.3 Å². The third-order valence-corrected chi connectivity index (χ3v) is 5.23. The van der Waals surface area contributed by atoms with Crippen molar-refractivity contribution in [3.63, 3.8) is 0 Å². The van der Waals surface area contributed by atoms with E-state index in [4.69, 9.17) is 14.6 Å². The maximum atomic E-state index is 12.8. The Hall–Kier alpha value is -4.37. The van der Waals surface area contributed by atoms with Crippen LogP contribution in [0.25, 0.3) is 0 Å². The number of aliphatic hydroxyl groups is 1. The van der Waals surface area contributed by atoms with Gasteiger partial charge in [-0.25, -0.2) is 9.59 Å². The molecule has 0 aliphatic heterocycles. The lowest BCUT2D eigenvalue weighted by atomic mass is 10.0. The standard InChI is InChI=1S/C27H28N2O7/c30-16-24(26(32)33)28-25(31)23(29-27(34)36-18-21-9-5-2-6-10-21)15-19-11-13-22(14-12-19)35-17-20-7-3-1-4-8-20/h1-14,23-24,30H,15-18H2,(H,28,31)(H,29,34)(H,32,33)/t23-,24-/m0/s1. The molecule has 4 N–H and O–H groups in total. The molecular formula is C27H28N2O7. The zero-order chi connectivity index (χ0) is 25.8. The minimum atomic E-state index is -1.50. The second-order valence-electron chi connectivity index (χ2n) is 7.96. The summed E-state index contributed by atoms with van der Waals surface area (Å²) < 4.78 is 11.0. The molecule has 9 nitrogen and oxygen atoms in total. The van der Waals surface area contributed by atoms with Gasteiger partial charge >= 0.3 is 12.1 Å². The summed E-state index contributed by atoms with van der Waals surface area (Å²) >= 11 is 0. The van der Waals surface area contributed by atoms with Gasteiger partial charge in [-0.3, -0.25) is 4.79 Å². The molecule has 0 aliphatic rings. The van der Waals surface area contributed by atoms with Crippen LogP contribution in [0.15, 0.2) is 84.9 Å². The van der Waals surface area contributed by atoms with Crippen LogP contribution in [0.1, 0.15) is 16.7 Å². The van der Waals surface area contributed by atoms with Gasteiger partial charge in [0, 0.05) is 6.42 Å². The van der Waals surface area contributed by atoms with Gasteiger partial charge in [0.05, 0.1) is 6.61 Å². The van der Waals surface area contributed by atoms with Crippen LogP contribution in [0.5, 0.6) is 5.75 Å². The van der Waals surface area contributed by atoms with Gasteiger partial charge in [0.25, 0.3) is 0 Å². The molecule has 0 spiro atoms. The number of benzene rings is 3. The molecule has 2 amide bonds. The predicted octanol–water partition coefficient (Wildman–Crippen LogP) is 2.66. The summed E-state index contributed by atoms with van der Waals surface area (Å²) in [5, 5.41) is 23.1. The molecule has 0 bridgehead atoms. The van der Waals surface area contributed by atoms with Crippen molar-refractivity contribution in [1.82, 2.24) is 10.6 Å². The largest absolute Gasteiger partial charge is 0.489 e. The number of rotatable bonds is 12. The van der Waals surface area contributed by atoms with Gasteiger partial charge in [-0.1, -0.05) is 72.8 Å². The van der Waals surface area contributed by atoms with E-state index in [2.05, 4.69) is 10.6 Å². The molecule has 3 aromatic carbocycles. The number of aliphatic carboxylic acids is 1. The van der Waals surface area contributed by atoms with E-state index in [1.807, 2.05) is 36.4 Å². The highest BCUT2D eigenvalue weighted by Gasteiger charge is 2.27. The highest BCUT2D eigenvalue weighted by atomic mass is 16.5. The smallest absolute Gasteiger partial charge is 0.408 e. The number of carbonyl (C=O) groups excluding carboxylic acids is 2. The number of hydrogen-bond donors (Lipinski definition) is 4. The Morgan fingerprint density at radius 1 is 0.722 bits per heavy atom. The summed E-state index contributed by atoms with van der Waals surface area (Å²) in [5.74, 6) is -1.53. The topological polar surface area (TPSA) is 134 Å². The Morgan fingerprint density at radius 2 is 1.31 bits per heavy atom. The van der Waals surface area contributed by atoms with E-state index in [9.17, 15) is 19.5 Å². The van der Waals surface area contributed by atoms with E-state index < -0.39 is 36.7 Å². The molecule has 9 heteroatoms. The third kappa shape index (κ3) is 8.44. The number of carboxylic acid groups (broad SMARTS) is 1. The van der Waals surface area contributed by atoms with Crippen LogP contribution in [-0.2, 0) is 34.0 Å². The first-order valence-corrected chi connectivity index (χ1v) is 11.3. The van der Waals surface area contributed by atoms with Crippen molar-refractivity contribution < 1.29 is 34.1 Å². The fourth-order valence-electron chi connectivity index (χ4n) is 3.27. The molecule has 0 unspecified atom stereocenters. The van der Waals surface area contributed by atoms with Crippen molar-refractivity contribution >= 4 is 18.0 Å². The Bertz CT molecular complexity index is 1120. The maximum Gasteiger partial charge on any atom is 0.408 e. The quantitative estimate of drug-likeness (QED) is 0.305. The number of aliphatic hydroxyl groups excluding tert-OH is 1. The van der Waals surface area contributed by atoms with Crippen molar-refractivity contribution in [2.75, 3.05) is 6.61 Å². The Kier molecular flexibility index (Phi) is 9.84. The third-order valence-electron chi connectivity index (χ3n) is 5.23. The maximum absolute atomic E-state index is 12.8. The SMILES string of the molecule is O=C(N[C@@H](Cc1ccc(OCc2ccccc2)cc1)C(=O)N[C@@H](CO)C(=O)O)OCc1ccccc1. The predicted molar refractivity (Wildman–Crippen MR) is 131 cm³/mol. The molecule has 3 aromatic rings. The van der Waals surface area contributed by atoms with E-state index in [1.54, 1.807) is 48.5 Å². The monoisotopic (exact) mass is 492 g/mol. The van der Waals surface area contributed by atoms with Gasteiger partial charge in [-0.2, -0.15) is 0 Å². The van der Waals surface area contributed by atoms with Crippen LogP contribution in [0.2, 0.25) is 0 Å². The number of ether oxygens (including phenoxy) is 2. The molecule has 36 heavy (non-hydrogen) atoms. The average Bonchev–Trinajstić information content (AvgIpc) is 2.90. The van der Waals surface area contributed by atoms with Crippen molar-refractivity contribution in [2.45, 2.75) is 31.7 Å². The molecule has 3 rings (SSSR count). The molecule has 0 aromatic heterocycles. The zero-order valence-corrected chi connectivity index (χ0v) is 19.5. The summed E-state index contributed by atoms with van der Waals surface area (Å²) in [7, 11) is 0. The zero-order valence-electron chi connectivity index (χ0n) is 19.5. The van der Waals surface area contributed by atoms with Gasteiger partial charge in [0.2, 0.25) is 5.91 Å². The summed E-state index contributed by atoms with van der Waals surface area (Å²) in [4.78, 5) is 36.4. The first kappa shape index (κ1) is 26.2. The van der Waals surface area contributed by atoms with Crippen molar-refractivity contribution in [1.29, 1.82) is 0 Å². The van der Waals surface area contributed by atoms with Crippen molar-refractivity contribution in [2.24, 2.45) is 0 Å². The molecule has 0 saturated carbocycles. The number of carboxylic acids is 1. The van der Waals surface area contributed by atoms with E-state index in [-0.39, 0.29) is 13.0 Å². The first-order chi connectivity index (χ1) is 17.4. The van der Waals surface area contributed by atoms with Crippen molar-refractivity contribution in [3.05, 3.63) is 102 Å². The summed E-state index contributed by atoms with van der Waals surface area (Å²) in [6.45, 7) is -0.389. The van der Waals surface area contributed by atoms with Crippen molar-refractivity contribution in [3.8, 4) is 5.75 Å². The molecule has 0 fully saturated rings. The highest BCUT2D eigenvalue weighted by Crippen LogP contribution is 2.16. The molecule has 188 valence electrons. The second-order valence-corrected chi connectivity index (χ2v) is 7.96. The summed E-state index contributed by atoms with van der Waals surface area (Å²) in [6.07, 6.45) is -0.777. The minimum absolute atomic E-state index is 0.00283. The summed E-state index contributed by atoms with van der Waals surface area (Å²) in [5.41, 5.74) is 2.49. The molecule has 0 saturated heterocycles. The lowest BCUT2D eigenvalue weighted by Crippen LogP contribution is -2.53. The van der Waals surface area contributed by atoms with Crippen LogP contribution in [-0.4, -0.2) is 46.9 Å².